The highest BCUT2D eigenvalue weighted by Gasteiger charge is 2.37. The molecule has 1 N–H and O–H groups in total. The molecule has 0 bridgehead atoms. The monoisotopic (exact) mass is 310 g/mol. The topological polar surface area (TPSA) is 52.9 Å². The number of carbonyl (C=O) groups excluding carboxylic acids is 1. The van der Waals surface area contributed by atoms with Crippen LogP contribution < -0.4 is 5.32 Å². The third-order valence-corrected chi connectivity index (χ3v) is 4.16. The van der Waals surface area contributed by atoms with Gasteiger partial charge in [0.05, 0.1) is 17.2 Å². The van der Waals surface area contributed by atoms with Crippen LogP contribution >= 0.6 is 11.6 Å². The highest BCUT2D eigenvalue weighted by Crippen LogP contribution is 2.43. The van der Waals surface area contributed by atoms with Crippen LogP contribution in [-0.4, -0.2) is 5.91 Å². The molecule has 110 valence electrons. The fourth-order valence-corrected chi connectivity index (χ4v) is 2.76. The van der Waals surface area contributed by atoms with Gasteiger partial charge in [0.15, 0.2) is 0 Å². The van der Waals surface area contributed by atoms with E-state index < -0.39 is 0 Å². The zero-order chi connectivity index (χ0) is 15.5. The van der Waals surface area contributed by atoms with Gasteiger partial charge < -0.3 is 5.32 Å². The lowest BCUT2D eigenvalue weighted by molar-refractivity contribution is -0.118. The summed E-state index contributed by atoms with van der Waals surface area (Å²) in [6.45, 7) is 0. The maximum atomic E-state index is 12.7. The summed E-state index contributed by atoms with van der Waals surface area (Å²) in [5, 5.41) is 12.7. The van der Waals surface area contributed by atoms with Crippen molar-refractivity contribution in [2.75, 3.05) is 5.32 Å². The molecule has 0 saturated heterocycles. The first-order valence-electron chi connectivity index (χ1n) is 7.24. The van der Waals surface area contributed by atoms with Gasteiger partial charge in [0, 0.05) is 5.02 Å². The molecule has 4 heteroatoms. The number of rotatable bonds is 4. The van der Waals surface area contributed by atoms with Gasteiger partial charge in [-0.25, -0.2) is 0 Å². The molecule has 1 atom stereocenters. The molecule has 1 aliphatic rings. The average Bonchev–Trinajstić information content (AvgIpc) is 3.35. The number of amides is 1. The minimum atomic E-state index is -0.191. The van der Waals surface area contributed by atoms with Gasteiger partial charge >= 0.3 is 0 Å². The Balaban J connectivity index is 1.85. The largest absolute Gasteiger partial charge is 0.324 e. The van der Waals surface area contributed by atoms with Crippen LogP contribution in [0.2, 0.25) is 5.02 Å². The fourth-order valence-electron chi connectivity index (χ4n) is 2.64. The highest BCUT2D eigenvalue weighted by molar-refractivity contribution is 6.30. The van der Waals surface area contributed by atoms with Gasteiger partial charge in [-0.1, -0.05) is 35.9 Å². The highest BCUT2D eigenvalue weighted by atomic mass is 35.5. The van der Waals surface area contributed by atoms with E-state index >= 15 is 0 Å². The summed E-state index contributed by atoms with van der Waals surface area (Å²) in [5.41, 5.74) is 2.01. The molecular formula is C18H15ClN2O. The van der Waals surface area contributed by atoms with Gasteiger partial charge in [0.2, 0.25) is 5.91 Å². The number of benzene rings is 2. The van der Waals surface area contributed by atoms with Crippen molar-refractivity contribution in [2.45, 2.75) is 18.8 Å². The first kappa shape index (κ1) is 14.6. The number of hydrogen-bond acceptors (Lipinski definition) is 2. The molecule has 0 heterocycles. The van der Waals surface area contributed by atoms with Crippen LogP contribution in [0.5, 0.6) is 0 Å². The predicted molar refractivity (Wildman–Crippen MR) is 86.7 cm³/mol. The molecule has 1 unspecified atom stereocenters. The van der Waals surface area contributed by atoms with E-state index in [0.29, 0.717) is 22.2 Å². The van der Waals surface area contributed by atoms with Crippen molar-refractivity contribution in [3.8, 4) is 6.07 Å². The lowest BCUT2D eigenvalue weighted by Crippen LogP contribution is -2.23. The number of carbonyl (C=O) groups is 1. The van der Waals surface area contributed by atoms with Crippen LogP contribution in [0.4, 0.5) is 5.69 Å². The lowest BCUT2D eigenvalue weighted by Gasteiger charge is -2.17. The summed E-state index contributed by atoms with van der Waals surface area (Å²) in [7, 11) is 0. The van der Waals surface area contributed by atoms with Crippen molar-refractivity contribution in [1.82, 2.24) is 0 Å². The Hall–Kier alpha value is -2.31. The van der Waals surface area contributed by atoms with E-state index in [2.05, 4.69) is 11.4 Å². The normalized spacial score (nSPS) is 14.9. The Labute approximate surface area is 134 Å². The first-order chi connectivity index (χ1) is 10.7. The van der Waals surface area contributed by atoms with E-state index in [1.54, 1.807) is 18.2 Å². The van der Waals surface area contributed by atoms with Gasteiger partial charge in [0.25, 0.3) is 0 Å². The maximum absolute atomic E-state index is 12.7. The average molecular weight is 311 g/mol. The quantitative estimate of drug-likeness (QED) is 0.913. The summed E-state index contributed by atoms with van der Waals surface area (Å²) in [5.74, 6) is 0.118. The minimum Gasteiger partial charge on any atom is -0.324 e. The molecular weight excluding hydrogens is 296 g/mol. The van der Waals surface area contributed by atoms with Crippen LogP contribution in [0.1, 0.15) is 29.9 Å². The summed E-state index contributed by atoms with van der Waals surface area (Å²) in [6.07, 6.45) is 2.11. The van der Waals surface area contributed by atoms with Gasteiger partial charge in [-0.3, -0.25) is 4.79 Å². The molecule has 0 aromatic heterocycles. The minimum absolute atomic E-state index is 0.0625. The second kappa shape index (κ2) is 6.21. The van der Waals surface area contributed by atoms with Crippen LogP contribution in [0.3, 0.4) is 0 Å². The van der Waals surface area contributed by atoms with Crippen LogP contribution in [0, 0.1) is 17.2 Å². The number of para-hydroxylation sites is 1. The molecule has 0 radical (unpaired) electrons. The van der Waals surface area contributed by atoms with E-state index in [-0.39, 0.29) is 11.8 Å². The van der Waals surface area contributed by atoms with Crippen LogP contribution in [-0.2, 0) is 4.79 Å². The molecule has 3 nitrogen and oxygen atoms in total. The molecule has 0 aliphatic heterocycles. The van der Waals surface area contributed by atoms with E-state index in [1.807, 2.05) is 30.3 Å². The van der Waals surface area contributed by atoms with Crippen molar-refractivity contribution >= 4 is 23.2 Å². The van der Waals surface area contributed by atoms with Gasteiger partial charge in [-0.2, -0.15) is 5.26 Å². The number of nitriles is 1. The third kappa shape index (κ3) is 3.13. The summed E-state index contributed by atoms with van der Waals surface area (Å²) in [6, 6.07) is 16.6. The molecule has 1 fully saturated rings. The summed E-state index contributed by atoms with van der Waals surface area (Å²) < 4.78 is 0. The Kier molecular flexibility index (Phi) is 4.13. The molecule has 3 rings (SSSR count). The molecule has 0 spiro atoms. The molecule has 2 aromatic rings. The fraction of sp³-hybridized carbons (Fsp3) is 0.222. The summed E-state index contributed by atoms with van der Waals surface area (Å²) in [4.78, 5) is 12.7. The molecule has 1 aliphatic carbocycles. The second-order valence-electron chi connectivity index (χ2n) is 5.51. The van der Waals surface area contributed by atoms with Crippen molar-refractivity contribution in [3.63, 3.8) is 0 Å². The van der Waals surface area contributed by atoms with Crippen LogP contribution in [0.15, 0.2) is 48.5 Å². The van der Waals surface area contributed by atoms with Crippen molar-refractivity contribution in [3.05, 3.63) is 64.7 Å². The second-order valence-corrected chi connectivity index (χ2v) is 5.95. The Morgan fingerprint density at radius 2 is 1.86 bits per heavy atom. The number of halogens is 1. The van der Waals surface area contributed by atoms with Crippen molar-refractivity contribution in [1.29, 1.82) is 5.26 Å². The van der Waals surface area contributed by atoms with E-state index in [0.717, 1.165) is 18.4 Å². The van der Waals surface area contributed by atoms with E-state index in [1.165, 1.54) is 0 Å². The Bertz CT molecular complexity index is 729. The van der Waals surface area contributed by atoms with Gasteiger partial charge in [-0.05, 0) is 48.6 Å². The third-order valence-electron chi connectivity index (χ3n) is 3.91. The predicted octanol–water partition coefficient (Wildman–Crippen LogP) is 4.34. The number of nitrogens with one attached hydrogen (secondary N) is 1. The Morgan fingerprint density at radius 3 is 2.50 bits per heavy atom. The smallest absolute Gasteiger partial charge is 0.232 e. The Morgan fingerprint density at radius 1 is 1.18 bits per heavy atom. The molecule has 1 amide bonds. The molecule has 2 aromatic carbocycles. The van der Waals surface area contributed by atoms with Gasteiger partial charge in [-0.15, -0.1) is 0 Å². The molecule has 22 heavy (non-hydrogen) atoms. The standard InChI is InChI=1S/C18H15ClN2O/c19-15-9-7-13(8-10-15)17(12-5-6-12)18(22)21-16-4-2-1-3-14(16)11-20/h1-4,7-10,12,17H,5-6H2,(H,21,22). The SMILES string of the molecule is N#Cc1ccccc1NC(=O)C(c1ccc(Cl)cc1)C1CC1. The summed E-state index contributed by atoms with van der Waals surface area (Å²) >= 11 is 5.92. The van der Waals surface area contributed by atoms with Crippen LogP contribution in [0.25, 0.3) is 0 Å². The van der Waals surface area contributed by atoms with Crippen molar-refractivity contribution in [2.24, 2.45) is 5.92 Å². The zero-order valence-corrected chi connectivity index (χ0v) is 12.7. The number of hydrogen-bond donors (Lipinski definition) is 1. The van der Waals surface area contributed by atoms with Gasteiger partial charge in [0.1, 0.15) is 6.07 Å². The number of anilines is 1. The first-order valence-corrected chi connectivity index (χ1v) is 7.62. The number of nitrogens with zero attached hydrogens (tertiary/aromatic N) is 1. The van der Waals surface area contributed by atoms with E-state index in [9.17, 15) is 4.79 Å². The zero-order valence-electron chi connectivity index (χ0n) is 11.9. The van der Waals surface area contributed by atoms with Crippen molar-refractivity contribution < 1.29 is 4.79 Å². The molecule has 1 saturated carbocycles. The lowest BCUT2D eigenvalue weighted by atomic mass is 9.93. The maximum Gasteiger partial charge on any atom is 0.232 e. The van der Waals surface area contributed by atoms with E-state index in [4.69, 9.17) is 16.9 Å².